The lowest BCUT2D eigenvalue weighted by Crippen LogP contribution is -2.04. The van der Waals surface area contributed by atoms with Gasteiger partial charge in [0, 0.05) is 49.0 Å². The number of fused-ring (bicyclic) bond motifs is 12. The second-order valence-corrected chi connectivity index (χ2v) is 15.7. The molecule has 278 valence electrons. The van der Waals surface area contributed by atoms with Crippen LogP contribution in [-0.2, 0) is 0 Å². The van der Waals surface area contributed by atoms with E-state index in [0.29, 0.717) is 5.95 Å². The first kappa shape index (κ1) is 32.9. The zero-order valence-corrected chi connectivity index (χ0v) is 32.4. The Balaban J connectivity index is 1.14. The van der Waals surface area contributed by atoms with E-state index in [1.54, 1.807) is 0 Å². The average Bonchev–Trinajstić information content (AvgIpc) is 3.84. The highest BCUT2D eigenvalue weighted by Crippen LogP contribution is 2.46. The molecule has 0 aliphatic heterocycles. The predicted octanol–water partition coefficient (Wildman–Crippen LogP) is 14.6. The molecule has 0 saturated heterocycles. The van der Waals surface area contributed by atoms with Crippen LogP contribution in [0.3, 0.4) is 0 Å². The van der Waals surface area contributed by atoms with Crippen molar-refractivity contribution in [1.82, 2.24) is 19.1 Å². The standard InChI is InChI=1S/C56H34N4/c1-2-19-36(20-3-1)59-51-31-14-11-24-40(51)48-33-46(38-22-6-8-26-43(38)54(48)59)47-34-49-41-25-12-15-32-52(41)60(55(49)44-27-9-7-23-39(44)47)56-57-50-30-13-10-28-45(50)53(58-56)42-29-16-18-35-17-4-5-21-37(35)42/h1-34H. The number of para-hydroxylation sites is 4. The third-order valence-electron chi connectivity index (χ3n) is 12.5. The minimum absolute atomic E-state index is 0.654. The Morgan fingerprint density at radius 1 is 0.300 bits per heavy atom. The first-order chi connectivity index (χ1) is 29.8. The van der Waals surface area contributed by atoms with Gasteiger partial charge in [0.15, 0.2) is 0 Å². The van der Waals surface area contributed by atoms with Crippen molar-refractivity contribution in [2.45, 2.75) is 0 Å². The van der Waals surface area contributed by atoms with Crippen molar-refractivity contribution in [1.29, 1.82) is 0 Å². The second kappa shape index (κ2) is 12.7. The molecule has 13 rings (SSSR count). The molecule has 0 radical (unpaired) electrons. The van der Waals surface area contributed by atoms with Gasteiger partial charge in [-0.1, -0.05) is 164 Å². The van der Waals surface area contributed by atoms with Crippen LogP contribution in [0.5, 0.6) is 0 Å². The van der Waals surface area contributed by atoms with Crippen LogP contribution in [0.1, 0.15) is 0 Å². The van der Waals surface area contributed by atoms with E-state index < -0.39 is 0 Å². The molecular formula is C56H34N4. The van der Waals surface area contributed by atoms with Crippen LogP contribution in [-0.4, -0.2) is 19.1 Å². The maximum Gasteiger partial charge on any atom is 0.235 e. The summed E-state index contributed by atoms with van der Waals surface area (Å²) in [5.41, 5.74) is 11.1. The van der Waals surface area contributed by atoms with Crippen LogP contribution < -0.4 is 0 Å². The minimum Gasteiger partial charge on any atom is -0.309 e. The molecule has 0 aliphatic rings. The molecule has 0 bridgehead atoms. The highest BCUT2D eigenvalue weighted by Gasteiger charge is 2.23. The number of aromatic nitrogens is 4. The van der Waals surface area contributed by atoms with Crippen LogP contribution in [0.4, 0.5) is 0 Å². The molecule has 4 nitrogen and oxygen atoms in total. The lowest BCUT2D eigenvalue weighted by Gasteiger charge is -2.16. The zero-order chi connectivity index (χ0) is 39.3. The van der Waals surface area contributed by atoms with Gasteiger partial charge >= 0.3 is 0 Å². The largest absolute Gasteiger partial charge is 0.309 e. The Morgan fingerprint density at radius 3 is 1.45 bits per heavy atom. The predicted molar refractivity (Wildman–Crippen MR) is 252 cm³/mol. The van der Waals surface area contributed by atoms with Gasteiger partial charge in [0.05, 0.1) is 33.3 Å². The average molecular weight is 763 g/mol. The lowest BCUT2D eigenvalue weighted by atomic mass is 9.90. The molecule has 0 aliphatic carbocycles. The van der Waals surface area contributed by atoms with E-state index in [1.807, 2.05) is 0 Å². The van der Waals surface area contributed by atoms with Gasteiger partial charge in [-0.3, -0.25) is 4.57 Å². The van der Waals surface area contributed by atoms with Gasteiger partial charge < -0.3 is 4.57 Å². The fraction of sp³-hybridized carbons (Fsp3) is 0. The van der Waals surface area contributed by atoms with Crippen molar-refractivity contribution in [3.63, 3.8) is 0 Å². The molecule has 60 heavy (non-hydrogen) atoms. The Hall–Kier alpha value is -8.08. The van der Waals surface area contributed by atoms with E-state index in [0.717, 1.165) is 49.7 Å². The number of rotatable bonds is 4. The third kappa shape index (κ3) is 4.67. The van der Waals surface area contributed by atoms with Crippen LogP contribution in [0.25, 0.3) is 121 Å². The minimum atomic E-state index is 0.654. The summed E-state index contributed by atoms with van der Waals surface area (Å²) in [6, 6.07) is 74.4. The van der Waals surface area contributed by atoms with Crippen molar-refractivity contribution in [2.24, 2.45) is 0 Å². The van der Waals surface area contributed by atoms with Crippen molar-refractivity contribution >= 4 is 86.8 Å². The van der Waals surface area contributed by atoms with Gasteiger partial charge in [-0.05, 0) is 75.1 Å². The monoisotopic (exact) mass is 762 g/mol. The molecule has 13 aromatic rings. The third-order valence-corrected chi connectivity index (χ3v) is 12.5. The summed E-state index contributed by atoms with van der Waals surface area (Å²) in [6.45, 7) is 0. The fourth-order valence-electron chi connectivity index (χ4n) is 9.95. The van der Waals surface area contributed by atoms with Crippen LogP contribution in [0.15, 0.2) is 206 Å². The Morgan fingerprint density at radius 2 is 0.783 bits per heavy atom. The summed E-state index contributed by atoms with van der Waals surface area (Å²) in [5, 5.41) is 13.0. The Kier molecular flexibility index (Phi) is 6.98. The Labute approximate surface area is 344 Å². The van der Waals surface area contributed by atoms with Crippen molar-refractivity contribution < 1.29 is 0 Å². The van der Waals surface area contributed by atoms with Gasteiger partial charge in [-0.2, -0.15) is 0 Å². The van der Waals surface area contributed by atoms with E-state index >= 15 is 0 Å². The first-order valence-electron chi connectivity index (χ1n) is 20.5. The van der Waals surface area contributed by atoms with E-state index in [9.17, 15) is 0 Å². The topological polar surface area (TPSA) is 35.6 Å². The molecule has 3 aromatic heterocycles. The summed E-state index contributed by atoms with van der Waals surface area (Å²) in [5.74, 6) is 0.654. The first-order valence-corrected chi connectivity index (χ1v) is 20.5. The van der Waals surface area contributed by atoms with Gasteiger partial charge in [0.25, 0.3) is 0 Å². The maximum atomic E-state index is 5.53. The molecule has 0 unspecified atom stereocenters. The van der Waals surface area contributed by atoms with E-state index in [2.05, 4.69) is 215 Å². The van der Waals surface area contributed by atoms with Gasteiger partial charge in [0.2, 0.25) is 5.95 Å². The van der Waals surface area contributed by atoms with Gasteiger partial charge in [-0.25, -0.2) is 9.97 Å². The molecular weight excluding hydrogens is 729 g/mol. The number of hydrogen-bond donors (Lipinski definition) is 0. The summed E-state index contributed by atoms with van der Waals surface area (Å²) < 4.78 is 4.73. The van der Waals surface area contributed by atoms with Crippen molar-refractivity contribution in [3.8, 4) is 34.0 Å². The molecule has 10 aromatic carbocycles. The summed E-state index contributed by atoms with van der Waals surface area (Å²) >= 11 is 0. The lowest BCUT2D eigenvalue weighted by molar-refractivity contribution is 1.02. The molecule has 4 heteroatoms. The molecule has 3 heterocycles. The normalized spacial score (nSPS) is 12.0. The quantitative estimate of drug-likeness (QED) is 0.179. The van der Waals surface area contributed by atoms with Crippen molar-refractivity contribution in [3.05, 3.63) is 206 Å². The van der Waals surface area contributed by atoms with E-state index in [4.69, 9.17) is 9.97 Å². The molecule has 0 amide bonds. The summed E-state index contributed by atoms with van der Waals surface area (Å²) in [7, 11) is 0. The summed E-state index contributed by atoms with van der Waals surface area (Å²) in [6.07, 6.45) is 0. The van der Waals surface area contributed by atoms with E-state index in [-0.39, 0.29) is 0 Å². The van der Waals surface area contributed by atoms with Crippen molar-refractivity contribution in [2.75, 3.05) is 0 Å². The summed E-state index contributed by atoms with van der Waals surface area (Å²) in [4.78, 5) is 10.9. The molecule has 0 atom stereocenters. The molecule has 0 spiro atoms. The van der Waals surface area contributed by atoms with Crippen LogP contribution in [0, 0.1) is 0 Å². The number of benzene rings is 10. The van der Waals surface area contributed by atoms with Gasteiger partial charge in [0.1, 0.15) is 0 Å². The number of nitrogens with zero attached hydrogens (tertiary/aromatic N) is 4. The highest BCUT2D eigenvalue weighted by atomic mass is 15.2. The zero-order valence-electron chi connectivity index (χ0n) is 32.4. The van der Waals surface area contributed by atoms with Crippen LogP contribution >= 0.6 is 0 Å². The molecule has 0 fully saturated rings. The Bertz CT molecular complexity index is 3890. The van der Waals surface area contributed by atoms with Gasteiger partial charge in [-0.15, -0.1) is 0 Å². The maximum absolute atomic E-state index is 5.53. The van der Waals surface area contributed by atoms with Crippen LogP contribution in [0.2, 0.25) is 0 Å². The molecule has 0 N–H and O–H groups in total. The highest BCUT2D eigenvalue weighted by molar-refractivity contribution is 6.27. The second-order valence-electron chi connectivity index (χ2n) is 15.7. The SMILES string of the molecule is c1ccc(-n2c3ccccc3c3cc(-c4cc5c6ccccc6n(-c6nc(-c7cccc8ccccc78)c7ccccc7n6)c5c5ccccc45)c4ccccc4c32)cc1. The van der Waals surface area contributed by atoms with E-state index in [1.165, 1.54) is 65.3 Å². The number of hydrogen-bond acceptors (Lipinski definition) is 2. The fourth-order valence-corrected chi connectivity index (χ4v) is 9.95. The smallest absolute Gasteiger partial charge is 0.235 e. The molecule has 0 saturated carbocycles.